The monoisotopic (exact) mass is 911 g/mol. The van der Waals surface area contributed by atoms with Gasteiger partial charge in [-0.1, -0.05) is 86.3 Å². The molecule has 1 saturated heterocycles. The predicted molar refractivity (Wildman–Crippen MR) is 257 cm³/mol. The van der Waals surface area contributed by atoms with Crippen LogP contribution in [0.5, 0.6) is 5.75 Å². The van der Waals surface area contributed by atoms with Gasteiger partial charge < -0.3 is 37.0 Å². The van der Waals surface area contributed by atoms with E-state index in [0.717, 1.165) is 97.0 Å². The molecule has 0 amide bonds. The zero-order chi connectivity index (χ0) is 45.9. The van der Waals surface area contributed by atoms with Gasteiger partial charge in [0.2, 0.25) is 0 Å². The Morgan fingerprint density at radius 2 is 1.40 bits per heavy atom. The number of rotatable bonds is 23. The Balaban J connectivity index is 2.05. The number of esters is 1. The van der Waals surface area contributed by atoms with Crippen LogP contribution < -0.4 is 4.74 Å². The van der Waals surface area contributed by atoms with E-state index in [2.05, 4.69) is 86.2 Å². The molecule has 0 radical (unpaired) electrons. The Labute approximate surface area is 379 Å². The predicted octanol–water partition coefficient (Wildman–Crippen LogP) is 11.7. The summed E-state index contributed by atoms with van der Waals surface area (Å²) >= 11 is 0. The summed E-state index contributed by atoms with van der Waals surface area (Å²) in [6.07, 6.45) is 10.9. The fraction of sp³-hybridized carbons (Fsp3) is 0.740. The highest BCUT2D eigenvalue weighted by molar-refractivity contribution is 6.74. The maximum absolute atomic E-state index is 13.7. The average molecular weight is 911 g/mol. The minimum Gasteiger partial charge on any atom is -0.497 e. The number of ether oxygens (including phenoxy) is 5. The molecule has 0 bridgehead atoms. The van der Waals surface area contributed by atoms with Crippen LogP contribution in [0, 0.1) is 29.6 Å². The lowest BCUT2D eigenvalue weighted by atomic mass is 9.88. The van der Waals surface area contributed by atoms with Crippen LogP contribution in [0.25, 0.3) is 0 Å². The summed E-state index contributed by atoms with van der Waals surface area (Å²) in [7, 11) is -5.44. The maximum atomic E-state index is 13.7. The lowest BCUT2D eigenvalue weighted by Crippen LogP contribution is -2.58. The van der Waals surface area contributed by atoms with E-state index < -0.39 is 65.7 Å². The van der Waals surface area contributed by atoms with Crippen LogP contribution in [-0.2, 0) is 43.6 Å². The van der Waals surface area contributed by atoms with Gasteiger partial charge in [0, 0.05) is 24.8 Å². The maximum Gasteiger partial charge on any atom is 0.311 e. The first-order valence-corrected chi connectivity index (χ1v) is 31.6. The van der Waals surface area contributed by atoms with Crippen LogP contribution in [-0.4, -0.2) is 86.5 Å². The van der Waals surface area contributed by atoms with Gasteiger partial charge in [-0.15, -0.1) is 12.3 Å². The van der Waals surface area contributed by atoms with E-state index in [9.17, 15) is 4.79 Å². The van der Waals surface area contributed by atoms with Crippen LogP contribution in [0.4, 0.5) is 0 Å². The normalized spacial score (nSPS) is 23.7. The number of hydrogen-bond donors (Lipinski definition) is 0. The summed E-state index contributed by atoms with van der Waals surface area (Å²) in [4.78, 5) is 13.7. The molecule has 0 unspecified atom stereocenters. The minimum atomic E-state index is -2.46. The van der Waals surface area contributed by atoms with Crippen molar-refractivity contribution < 1.29 is 41.8 Å². The quantitative estimate of drug-likeness (QED) is 0.0605. The van der Waals surface area contributed by atoms with Crippen molar-refractivity contribution >= 4 is 30.9 Å². The smallest absolute Gasteiger partial charge is 0.311 e. The van der Waals surface area contributed by atoms with Gasteiger partial charge in [-0.25, -0.2) is 0 Å². The van der Waals surface area contributed by atoms with Gasteiger partial charge >= 0.3 is 5.97 Å². The van der Waals surface area contributed by atoms with E-state index in [1.807, 2.05) is 45.0 Å². The molecule has 2 aliphatic carbocycles. The van der Waals surface area contributed by atoms with Crippen molar-refractivity contribution in [1.29, 1.82) is 0 Å². The van der Waals surface area contributed by atoms with Gasteiger partial charge in [0.1, 0.15) is 30.2 Å². The standard InChI is InChI=1S/C50H82O9Si3/c1-15-32-50(59-62(22-8,23-9)24-10)41(36-43(57-60(16-2,17-3)18-4)45(50)53-37-40-27-29-42(52-14)30-28-40)31-35-48(39-54-46(51)47(11,12)13,58-61(19-5,20-6)21-7)44-38-55-49(56-44)33-25-26-34-49/h1,27-30,36,43-45H,16-26,32-34,37-39H2,2-14H3/t43-,44-,45+,48+,50-/m1/s1. The second kappa shape index (κ2) is 22.3. The molecule has 0 N–H and O–H groups in total. The SMILES string of the molecule is C#CC[C@@]1(O[Si](CC)(CC)CC)C(C#C[C@@](COC(=O)C(C)(C)C)(O[Si](CC)(CC)CC)[C@H]2COC3(CCCC3)O2)=C[C@@H](O[Si](CC)(CC)CC)[C@@H]1OCc1ccc(OC)cc1. The van der Waals surface area contributed by atoms with Crippen molar-refractivity contribution in [2.75, 3.05) is 20.3 Å². The zero-order valence-electron chi connectivity index (χ0n) is 40.9. The molecule has 0 aromatic heterocycles. The van der Waals surface area contributed by atoms with Gasteiger partial charge in [0.05, 0.1) is 31.8 Å². The Bertz CT molecular complexity index is 1700. The first-order chi connectivity index (χ1) is 29.5. The molecule has 3 aliphatic rings. The summed E-state index contributed by atoms with van der Waals surface area (Å²) in [6, 6.07) is 16.2. The fourth-order valence-corrected chi connectivity index (χ4v) is 18.3. The molecule has 9 nitrogen and oxygen atoms in total. The van der Waals surface area contributed by atoms with Crippen molar-refractivity contribution in [3.05, 3.63) is 41.5 Å². The van der Waals surface area contributed by atoms with Crippen LogP contribution in [0.2, 0.25) is 54.4 Å². The van der Waals surface area contributed by atoms with E-state index in [4.69, 9.17) is 43.4 Å². The Morgan fingerprint density at radius 3 is 1.90 bits per heavy atom. The Hall–Kier alpha value is -2.24. The third-order valence-electron chi connectivity index (χ3n) is 14.7. The first-order valence-electron chi connectivity index (χ1n) is 24.0. The largest absolute Gasteiger partial charge is 0.497 e. The molecule has 1 spiro atoms. The molecule has 5 atom stereocenters. The zero-order valence-corrected chi connectivity index (χ0v) is 43.9. The van der Waals surface area contributed by atoms with Crippen LogP contribution in [0.3, 0.4) is 0 Å². The van der Waals surface area contributed by atoms with Crippen molar-refractivity contribution in [3.8, 4) is 29.9 Å². The van der Waals surface area contributed by atoms with E-state index >= 15 is 0 Å². The number of terminal acetylenes is 1. The van der Waals surface area contributed by atoms with Crippen LogP contribution >= 0.6 is 0 Å². The third-order valence-corrected chi connectivity index (χ3v) is 28.6. The Kier molecular flexibility index (Phi) is 18.8. The lowest BCUT2D eigenvalue weighted by Gasteiger charge is -2.45. The molecule has 2 fully saturated rings. The molecule has 1 aliphatic heterocycles. The fourth-order valence-electron chi connectivity index (χ4n) is 9.54. The number of hydrogen-bond acceptors (Lipinski definition) is 9. The summed E-state index contributed by atoms with van der Waals surface area (Å²) in [5, 5.41) is 0. The highest BCUT2D eigenvalue weighted by Crippen LogP contribution is 2.48. The molecule has 4 rings (SSSR count). The second-order valence-corrected chi connectivity index (χ2v) is 33.1. The lowest BCUT2D eigenvalue weighted by molar-refractivity contribution is -0.186. The highest BCUT2D eigenvalue weighted by Gasteiger charge is 2.58. The molecule has 1 saturated carbocycles. The number of methoxy groups -OCH3 is 1. The summed E-state index contributed by atoms with van der Waals surface area (Å²) < 4.78 is 55.4. The van der Waals surface area contributed by atoms with Gasteiger partial charge in [-0.3, -0.25) is 4.79 Å². The Morgan fingerprint density at radius 1 is 0.839 bits per heavy atom. The van der Waals surface area contributed by atoms with E-state index in [0.29, 0.717) is 6.61 Å². The molecule has 1 aromatic carbocycles. The number of benzene rings is 1. The van der Waals surface area contributed by atoms with E-state index in [1.165, 1.54) is 0 Å². The molecule has 348 valence electrons. The molecule has 1 heterocycles. The van der Waals surface area contributed by atoms with Crippen molar-refractivity contribution in [1.82, 2.24) is 0 Å². The molecule has 1 aromatic rings. The molecule has 12 heteroatoms. The van der Waals surface area contributed by atoms with Gasteiger partial charge in [0.25, 0.3) is 0 Å². The third kappa shape index (κ3) is 11.6. The molecular weight excluding hydrogens is 829 g/mol. The summed E-state index contributed by atoms with van der Waals surface area (Å²) in [6.45, 7) is 26.2. The molecule has 62 heavy (non-hydrogen) atoms. The van der Waals surface area contributed by atoms with Gasteiger partial charge in [-0.2, -0.15) is 0 Å². The highest BCUT2D eigenvalue weighted by atomic mass is 28.4. The number of carbonyl (C=O) groups is 1. The summed E-state index contributed by atoms with van der Waals surface area (Å²) in [5.74, 6) is 10.3. The van der Waals surface area contributed by atoms with Crippen LogP contribution in [0.15, 0.2) is 35.9 Å². The van der Waals surface area contributed by atoms with E-state index in [-0.39, 0.29) is 25.6 Å². The topological polar surface area (TPSA) is 90.9 Å². The number of carbonyl (C=O) groups excluding carboxylic acids is 1. The second-order valence-electron chi connectivity index (χ2n) is 18.9. The molecular formula is C50H82O9Si3. The van der Waals surface area contributed by atoms with Crippen molar-refractivity contribution in [2.24, 2.45) is 5.41 Å². The summed E-state index contributed by atoms with van der Waals surface area (Å²) in [5.41, 5.74) is -1.46. The average Bonchev–Trinajstić information content (AvgIpc) is 4.01. The van der Waals surface area contributed by atoms with E-state index in [1.54, 1.807) is 7.11 Å². The first kappa shape index (κ1) is 52.4. The van der Waals surface area contributed by atoms with Crippen molar-refractivity contribution in [2.45, 2.75) is 211 Å². The minimum absolute atomic E-state index is 0.0995. The van der Waals surface area contributed by atoms with Crippen molar-refractivity contribution in [3.63, 3.8) is 0 Å². The van der Waals surface area contributed by atoms with Gasteiger partial charge in [0.15, 0.2) is 36.3 Å². The van der Waals surface area contributed by atoms with Crippen LogP contribution in [0.1, 0.15) is 121 Å². The van der Waals surface area contributed by atoms with Gasteiger partial charge in [-0.05, 0) is 112 Å².